The summed E-state index contributed by atoms with van der Waals surface area (Å²) in [5, 5.41) is 3.23. The fourth-order valence-electron chi connectivity index (χ4n) is 3.21. The van der Waals surface area contributed by atoms with E-state index in [1.807, 2.05) is 0 Å². The Morgan fingerprint density at radius 2 is 2.19 bits per heavy atom. The maximum absolute atomic E-state index is 14.1. The van der Waals surface area contributed by atoms with Gasteiger partial charge in [0, 0.05) is 11.7 Å². The molecule has 1 aromatic rings. The van der Waals surface area contributed by atoms with Crippen LogP contribution in [0.2, 0.25) is 0 Å². The number of carbonyl (C=O) groups is 1. The van der Waals surface area contributed by atoms with Crippen LogP contribution in [-0.2, 0) is 4.74 Å². The number of hydrogen-bond donors (Lipinski definition) is 2. The van der Waals surface area contributed by atoms with Crippen LogP contribution >= 0.6 is 0 Å². The summed E-state index contributed by atoms with van der Waals surface area (Å²) in [6, 6.07) is 2.84. The first-order chi connectivity index (χ1) is 9.97. The predicted molar refractivity (Wildman–Crippen MR) is 81.7 cm³/mol. The number of hydrogen-bond acceptors (Lipinski definition) is 4. The molecule has 0 heterocycles. The van der Waals surface area contributed by atoms with Crippen LogP contribution in [0, 0.1) is 17.7 Å². The molecule has 2 rings (SSSR count). The zero-order valence-corrected chi connectivity index (χ0v) is 12.8. The average molecular weight is 294 g/mol. The van der Waals surface area contributed by atoms with Gasteiger partial charge < -0.3 is 15.8 Å². The van der Waals surface area contributed by atoms with Crippen LogP contribution in [-0.4, -0.2) is 19.1 Å². The second-order valence-electron chi connectivity index (χ2n) is 5.77. The summed E-state index contributed by atoms with van der Waals surface area (Å²) in [5.41, 5.74) is 6.28. The number of nitrogens with two attached hydrogens (primary N) is 1. The second-order valence-corrected chi connectivity index (χ2v) is 5.77. The molecule has 116 valence electrons. The van der Waals surface area contributed by atoms with Gasteiger partial charge in [-0.15, -0.1) is 0 Å². The summed E-state index contributed by atoms with van der Waals surface area (Å²) in [4.78, 5) is 11.6. The van der Waals surface area contributed by atoms with Crippen LogP contribution in [0.3, 0.4) is 0 Å². The third-order valence-electron chi connectivity index (χ3n) is 4.64. The highest BCUT2D eigenvalue weighted by Gasteiger charge is 2.32. The van der Waals surface area contributed by atoms with Crippen molar-refractivity contribution in [1.82, 2.24) is 0 Å². The van der Waals surface area contributed by atoms with E-state index in [2.05, 4.69) is 23.9 Å². The number of methoxy groups -OCH3 is 1. The summed E-state index contributed by atoms with van der Waals surface area (Å²) in [6.07, 6.45) is 3.30. The molecule has 1 aromatic carbocycles. The van der Waals surface area contributed by atoms with Crippen LogP contribution in [0.25, 0.3) is 0 Å². The number of rotatable bonds is 4. The molecule has 0 spiro atoms. The van der Waals surface area contributed by atoms with Crippen LogP contribution in [0.4, 0.5) is 15.8 Å². The van der Waals surface area contributed by atoms with Gasteiger partial charge in [0.25, 0.3) is 0 Å². The minimum atomic E-state index is -0.554. The van der Waals surface area contributed by atoms with E-state index in [4.69, 9.17) is 5.73 Å². The molecule has 3 unspecified atom stereocenters. The number of nitrogen functional groups attached to an aromatic ring is 1. The normalized spacial score (nSPS) is 24.9. The van der Waals surface area contributed by atoms with Crippen molar-refractivity contribution in [3.8, 4) is 0 Å². The largest absolute Gasteiger partial charge is 0.465 e. The molecular formula is C16H23FN2O2. The van der Waals surface area contributed by atoms with Crippen LogP contribution in [0.5, 0.6) is 0 Å². The quantitative estimate of drug-likeness (QED) is 0.659. The smallest absolute Gasteiger partial charge is 0.340 e. The zero-order valence-electron chi connectivity index (χ0n) is 12.8. The standard InChI is InChI=1S/C16H23FN2O2/c1-4-10-5-6-14(9(10)2)19-15-7-11(16(20)21-3)13(18)8-12(15)17/h7-10,14,19H,4-6,18H2,1-3H3. The maximum Gasteiger partial charge on any atom is 0.340 e. The zero-order chi connectivity index (χ0) is 15.6. The third-order valence-corrected chi connectivity index (χ3v) is 4.64. The Morgan fingerprint density at radius 1 is 1.48 bits per heavy atom. The van der Waals surface area contributed by atoms with Crippen molar-refractivity contribution in [3.63, 3.8) is 0 Å². The van der Waals surface area contributed by atoms with E-state index in [1.165, 1.54) is 19.2 Å². The first kappa shape index (κ1) is 15.6. The first-order valence-electron chi connectivity index (χ1n) is 7.41. The van der Waals surface area contributed by atoms with Crippen molar-refractivity contribution in [2.24, 2.45) is 11.8 Å². The van der Waals surface area contributed by atoms with E-state index in [0.29, 0.717) is 17.5 Å². The summed E-state index contributed by atoms with van der Waals surface area (Å²) >= 11 is 0. The predicted octanol–water partition coefficient (Wildman–Crippen LogP) is 3.43. The molecule has 1 saturated carbocycles. The monoisotopic (exact) mass is 294 g/mol. The Hall–Kier alpha value is -1.78. The van der Waals surface area contributed by atoms with Gasteiger partial charge in [0.15, 0.2) is 0 Å². The van der Waals surface area contributed by atoms with Crippen LogP contribution in [0.1, 0.15) is 43.5 Å². The van der Waals surface area contributed by atoms with Gasteiger partial charge >= 0.3 is 5.97 Å². The lowest BCUT2D eigenvalue weighted by atomic mass is 9.93. The molecule has 0 bridgehead atoms. The van der Waals surface area contributed by atoms with E-state index in [9.17, 15) is 9.18 Å². The Bertz CT molecular complexity index is 533. The van der Waals surface area contributed by atoms with Crippen LogP contribution in [0.15, 0.2) is 12.1 Å². The van der Waals surface area contributed by atoms with Crippen LogP contribution < -0.4 is 11.1 Å². The topological polar surface area (TPSA) is 64.3 Å². The highest BCUT2D eigenvalue weighted by molar-refractivity contribution is 5.96. The molecule has 1 fully saturated rings. The van der Waals surface area contributed by atoms with Gasteiger partial charge in [-0.25, -0.2) is 9.18 Å². The minimum absolute atomic E-state index is 0.0933. The average Bonchev–Trinajstić information content (AvgIpc) is 2.81. The lowest BCUT2D eigenvalue weighted by Crippen LogP contribution is -2.25. The highest BCUT2D eigenvalue weighted by atomic mass is 19.1. The van der Waals surface area contributed by atoms with Gasteiger partial charge in [0.1, 0.15) is 5.82 Å². The van der Waals surface area contributed by atoms with E-state index >= 15 is 0 Å². The van der Waals surface area contributed by atoms with Crippen molar-refractivity contribution in [2.75, 3.05) is 18.2 Å². The van der Waals surface area contributed by atoms with E-state index < -0.39 is 11.8 Å². The van der Waals surface area contributed by atoms with Crippen molar-refractivity contribution in [1.29, 1.82) is 0 Å². The number of esters is 1. The number of benzene rings is 1. The number of halogens is 1. The Morgan fingerprint density at radius 3 is 2.76 bits per heavy atom. The summed E-state index contributed by atoms with van der Waals surface area (Å²) in [5.74, 6) is 0.154. The Labute approximate surface area is 124 Å². The molecular weight excluding hydrogens is 271 g/mol. The molecule has 0 amide bonds. The summed E-state index contributed by atoms with van der Waals surface area (Å²) < 4.78 is 18.7. The Balaban J connectivity index is 2.22. The fraction of sp³-hybridized carbons (Fsp3) is 0.562. The minimum Gasteiger partial charge on any atom is -0.465 e. The molecule has 0 aromatic heterocycles. The molecule has 0 saturated heterocycles. The molecule has 3 N–H and O–H groups in total. The third kappa shape index (κ3) is 3.12. The fourth-order valence-corrected chi connectivity index (χ4v) is 3.21. The lowest BCUT2D eigenvalue weighted by Gasteiger charge is -2.22. The molecule has 4 nitrogen and oxygen atoms in total. The van der Waals surface area contributed by atoms with Crippen molar-refractivity contribution in [3.05, 3.63) is 23.5 Å². The van der Waals surface area contributed by atoms with Crippen molar-refractivity contribution < 1.29 is 13.9 Å². The van der Waals surface area contributed by atoms with Gasteiger partial charge in [-0.05, 0) is 36.8 Å². The molecule has 1 aliphatic carbocycles. The maximum atomic E-state index is 14.1. The number of carbonyl (C=O) groups excluding carboxylic acids is 1. The molecule has 1 aliphatic rings. The number of anilines is 2. The summed E-state index contributed by atoms with van der Waals surface area (Å²) in [7, 11) is 1.28. The van der Waals surface area contributed by atoms with Gasteiger partial charge in [-0.3, -0.25) is 0 Å². The van der Waals surface area contributed by atoms with E-state index in [1.54, 1.807) is 0 Å². The molecule has 5 heteroatoms. The first-order valence-corrected chi connectivity index (χ1v) is 7.41. The molecule has 0 aliphatic heterocycles. The number of ether oxygens (including phenoxy) is 1. The van der Waals surface area contributed by atoms with Gasteiger partial charge in [-0.2, -0.15) is 0 Å². The Kier molecular flexibility index (Phi) is 4.70. The van der Waals surface area contributed by atoms with Crippen molar-refractivity contribution in [2.45, 2.75) is 39.2 Å². The van der Waals surface area contributed by atoms with Gasteiger partial charge in [-0.1, -0.05) is 20.3 Å². The molecule has 0 radical (unpaired) electrons. The lowest BCUT2D eigenvalue weighted by molar-refractivity contribution is 0.0602. The van der Waals surface area contributed by atoms with E-state index in [0.717, 1.165) is 19.3 Å². The summed E-state index contributed by atoms with van der Waals surface area (Å²) in [6.45, 7) is 4.37. The van der Waals surface area contributed by atoms with E-state index in [-0.39, 0.29) is 17.3 Å². The van der Waals surface area contributed by atoms with Gasteiger partial charge in [0.2, 0.25) is 0 Å². The van der Waals surface area contributed by atoms with Crippen molar-refractivity contribution >= 4 is 17.3 Å². The SMILES string of the molecule is CCC1CCC(Nc2cc(C(=O)OC)c(N)cc2F)C1C. The van der Waals surface area contributed by atoms with Gasteiger partial charge in [0.05, 0.1) is 18.4 Å². The molecule has 21 heavy (non-hydrogen) atoms. The highest BCUT2D eigenvalue weighted by Crippen LogP contribution is 2.36. The molecule has 3 atom stereocenters. The second kappa shape index (κ2) is 6.33. The number of nitrogens with one attached hydrogen (secondary N) is 1.